The van der Waals surface area contributed by atoms with Gasteiger partial charge in [0.1, 0.15) is 0 Å². The first-order valence-corrected chi connectivity index (χ1v) is 5.79. The zero-order chi connectivity index (χ0) is 11.5. The van der Waals surface area contributed by atoms with Crippen LogP contribution in [-0.2, 0) is 0 Å². The highest BCUT2D eigenvalue weighted by Gasteiger charge is 2.20. The van der Waals surface area contributed by atoms with Gasteiger partial charge in [-0.05, 0) is 22.0 Å². The van der Waals surface area contributed by atoms with Crippen LogP contribution in [0.2, 0.25) is 0 Å². The third-order valence-corrected chi connectivity index (χ3v) is 3.04. The van der Waals surface area contributed by atoms with Crippen LogP contribution >= 0.6 is 15.9 Å². The van der Waals surface area contributed by atoms with Crippen LogP contribution in [0.5, 0.6) is 0 Å². The smallest absolute Gasteiger partial charge is 0.407 e. The van der Waals surface area contributed by atoms with Crippen LogP contribution in [-0.4, -0.2) is 47.3 Å². The lowest BCUT2D eigenvalue weighted by atomic mass is 10.3. The minimum absolute atomic E-state index is 0.543. The quantitative estimate of drug-likeness (QED) is 0.852. The van der Waals surface area contributed by atoms with E-state index in [4.69, 9.17) is 5.11 Å². The van der Waals surface area contributed by atoms with Gasteiger partial charge in [-0.25, -0.2) is 4.79 Å². The van der Waals surface area contributed by atoms with E-state index in [1.54, 1.807) is 12.4 Å². The van der Waals surface area contributed by atoms with Gasteiger partial charge in [0.25, 0.3) is 0 Å². The highest BCUT2D eigenvalue weighted by Crippen LogP contribution is 2.19. The molecule has 1 saturated heterocycles. The van der Waals surface area contributed by atoms with E-state index in [0.29, 0.717) is 26.2 Å². The van der Waals surface area contributed by atoms with Crippen LogP contribution in [0.3, 0.4) is 0 Å². The number of carbonyl (C=O) groups is 1. The molecule has 1 aliphatic rings. The maximum atomic E-state index is 10.7. The molecule has 86 valence electrons. The zero-order valence-corrected chi connectivity index (χ0v) is 10.2. The molecule has 1 fully saturated rings. The van der Waals surface area contributed by atoms with Gasteiger partial charge in [-0.15, -0.1) is 0 Å². The second-order valence-electron chi connectivity index (χ2n) is 3.62. The number of anilines is 1. The molecule has 16 heavy (non-hydrogen) atoms. The first kappa shape index (κ1) is 11.2. The number of rotatable bonds is 1. The van der Waals surface area contributed by atoms with Crippen LogP contribution in [0.1, 0.15) is 0 Å². The lowest BCUT2D eigenvalue weighted by molar-refractivity contribution is 0.142. The number of hydrogen-bond acceptors (Lipinski definition) is 3. The fourth-order valence-electron chi connectivity index (χ4n) is 1.73. The maximum absolute atomic E-state index is 10.7. The zero-order valence-electron chi connectivity index (χ0n) is 8.64. The summed E-state index contributed by atoms with van der Waals surface area (Å²) in [4.78, 5) is 18.4. The van der Waals surface area contributed by atoms with Crippen molar-refractivity contribution in [2.75, 3.05) is 31.1 Å². The van der Waals surface area contributed by atoms with Gasteiger partial charge in [-0.2, -0.15) is 0 Å². The van der Waals surface area contributed by atoms with Crippen molar-refractivity contribution >= 4 is 27.7 Å². The minimum atomic E-state index is -0.841. The molecular formula is C10H12BrN3O2. The summed E-state index contributed by atoms with van der Waals surface area (Å²) in [6, 6.07) is 1.99. The third kappa shape index (κ3) is 2.44. The van der Waals surface area contributed by atoms with Crippen molar-refractivity contribution < 1.29 is 9.90 Å². The fourth-order valence-corrected chi connectivity index (χ4v) is 2.08. The molecule has 0 saturated carbocycles. The van der Waals surface area contributed by atoms with E-state index < -0.39 is 6.09 Å². The SMILES string of the molecule is O=C(O)N1CCN(c2cncc(Br)c2)CC1. The second-order valence-corrected chi connectivity index (χ2v) is 4.53. The topological polar surface area (TPSA) is 56.7 Å². The molecule has 1 aromatic heterocycles. The summed E-state index contributed by atoms with van der Waals surface area (Å²) in [5.41, 5.74) is 1.03. The van der Waals surface area contributed by atoms with Crippen LogP contribution in [0.25, 0.3) is 0 Å². The Hall–Kier alpha value is -1.30. The predicted molar refractivity (Wildman–Crippen MR) is 63.7 cm³/mol. The molecule has 0 atom stereocenters. The lowest BCUT2D eigenvalue weighted by Crippen LogP contribution is -2.48. The molecule has 1 N–H and O–H groups in total. The number of piperazine rings is 1. The van der Waals surface area contributed by atoms with Gasteiger partial charge >= 0.3 is 6.09 Å². The van der Waals surface area contributed by atoms with Gasteiger partial charge < -0.3 is 14.9 Å². The third-order valence-electron chi connectivity index (χ3n) is 2.61. The summed E-state index contributed by atoms with van der Waals surface area (Å²) >= 11 is 3.37. The van der Waals surface area contributed by atoms with E-state index >= 15 is 0 Å². The fraction of sp³-hybridized carbons (Fsp3) is 0.400. The van der Waals surface area contributed by atoms with E-state index in [-0.39, 0.29) is 0 Å². The first-order chi connectivity index (χ1) is 7.66. The van der Waals surface area contributed by atoms with Crippen LogP contribution in [0.4, 0.5) is 10.5 Å². The Balaban J connectivity index is 2.01. The van der Waals surface area contributed by atoms with E-state index in [2.05, 4.69) is 25.8 Å². The van der Waals surface area contributed by atoms with Crippen molar-refractivity contribution in [2.24, 2.45) is 0 Å². The summed E-state index contributed by atoms with van der Waals surface area (Å²) in [6.07, 6.45) is 2.69. The Morgan fingerprint density at radius 2 is 2.00 bits per heavy atom. The number of amides is 1. The molecule has 0 aliphatic carbocycles. The van der Waals surface area contributed by atoms with Crippen LogP contribution < -0.4 is 4.90 Å². The molecule has 2 rings (SSSR count). The van der Waals surface area contributed by atoms with Gasteiger partial charge in [0.15, 0.2) is 0 Å². The monoisotopic (exact) mass is 285 g/mol. The molecule has 0 aromatic carbocycles. The van der Waals surface area contributed by atoms with E-state index in [1.165, 1.54) is 4.90 Å². The average molecular weight is 286 g/mol. The van der Waals surface area contributed by atoms with Crippen LogP contribution in [0, 0.1) is 0 Å². The molecule has 1 amide bonds. The van der Waals surface area contributed by atoms with Crippen molar-refractivity contribution in [1.29, 1.82) is 0 Å². The van der Waals surface area contributed by atoms with E-state index in [1.807, 2.05) is 6.07 Å². The Morgan fingerprint density at radius 3 is 2.56 bits per heavy atom. The number of pyridine rings is 1. The Bertz CT molecular complexity index is 391. The van der Waals surface area contributed by atoms with Crippen LogP contribution in [0.15, 0.2) is 22.9 Å². The predicted octanol–water partition coefficient (Wildman–Crippen LogP) is 1.64. The first-order valence-electron chi connectivity index (χ1n) is 5.00. The molecule has 1 aliphatic heterocycles. The normalized spacial score (nSPS) is 16.3. The average Bonchev–Trinajstić information content (AvgIpc) is 2.29. The molecule has 0 unspecified atom stereocenters. The second kappa shape index (κ2) is 4.69. The summed E-state index contributed by atoms with van der Waals surface area (Å²) < 4.78 is 0.936. The molecule has 5 nitrogen and oxygen atoms in total. The largest absolute Gasteiger partial charge is 0.465 e. The highest BCUT2D eigenvalue weighted by molar-refractivity contribution is 9.10. The minimum Gasteiger partial charge on any atom is -0.465 e. The maximum Gasteiger partial charge on any atom is 0.407 e. The number of carboxylic acid groups (broad SMARTS) is 1. The number of hydrogen-bond donors (Lipinski definition) is 1. The van der Waals surface area contributed by atoms with Crippen molar-refractivity contribution in [3.63, 3.8) is 0 Å². The number of halogens is 1. The van der Waals surface area contributed by atoms with E-state index in [0.717, 1.165) is 10.2 Å². The lowest BCUT2D eigenvalue weighted by Gasteiger charge is -2.34. The molecule has 0 radical (unpaired) electrons. The van der Waals surface area contributed by atoms with Gasteiger partial charge in [-0.3, -0.25) is 4.98 Å². The van der Waals surface area contributed by atoms with Crippen molar-refractivity contribution in [1.82, 2.24) is 9.88 Å². The Labute approximate surface area is 102 Å². The Kier molecular flexibility index (Phi) is 3.28. The molecule has 1 aromatic rings. The van der Waals surface area contributed by atoms with Crippen molar-refractivity contribution in [3.8, 4) is 0 Å². The Morgan fingerprint density at radius 1 is 1.31 bits per heavy atom. The summed E-state index contributed by atoms with van der Waals surface area (Å²) in [5, 5.41) is 8.83. The standard InChI is InChI=1S/C10H12BrN3O2/c11-8-5-9(7-12-6-8)13-1-3-14(4-2-13)10(15)16/h5-7H,1-4H2,(H,15,16). The molecule has 0 spiro atoms. The summed E-state index contributed by atoms with van der Waals surface area (Å²) in [6.45, 7) is 2.51. The summed E-state index contributed by atoms with van der Waals surface area (Å²) in [5.74, 6) is 0. The van der Waals surface area contributed by atoms with Gasteiger partial charge in [-0.1, -0.05) is 0 Å². The molecular weight excluding hydrogens is 274 g/mol. The van der Waals surface area contributed by atoms with Crippen molar-refractivity contribution in [2.45, 2.75) is 0 Å². The number of aromatic nitrogens is 1. The van der Waals surface area contributed by atoms with E-state index in [9.17, 15) is 4.79 Å². The van der Waals surface area contributed by atoms with Crippen molar-refractivity contribution in [3.05, 3.63) is 22.9 Å². The highest BCUT2D eigenvalue weighted by atomic mass is 79.9. The summed E-state index contributed by atoms with van der Waals surface area (Å²) in [7, 11) is 0. The molecule has 2 heterocycles. The molecule has 6 heteroatoms. The van der Waals surface area contributed by atoms with Gasteiger partial charge in [0.2, 0.25) is 0 Å². The van der Waals surface area contributed by atoms with Gasteiger partial charge in [0, 0.05) is 36.8 Å². The van der Waals surface area contributed by atoms with Gasteiger partial charge in [0.05, 0.1) is 11.9 Å². The molecule has 0 bridgehead atoms. The number of nitrogens with zero attached hydrogens (tertiary/aromatic N) is 3.